The largest absolute Gasteiger partial charge is 0.481 e. The highest BCUT2D eigenvalue weighted by Crippen LogP contribution is 2.60. The maximum atomic E-state index is 12.9. The van der Waals surface area contributed by atoms with Gasteiger partial charge in [0.1, 0.15) is 0 Å². The Labute approximate surface area is 167 Å². The van der Waals surface area contributed by atoms with Crippen LogP contribution in [0.25, 0.3) is 0 Å². The van der Waals surface area contributed by atoms with E-state index in [0.29, 0.717) is 32.1 Å². The van der Waals surface area contributed by atoms with Crippen molar-refractivity contribution in [2.45, 2.75) is 101 Å². The van der Waals surface area contributed by atoms with Crippen LogP contribution in [0.2, 0.25) is 0 Å². The van der Waals surface area contributed by atoms with Gasteiger partial charge in [-0.1, -0.05) is 82.1 Å². The smallest absolute Gasteiger partial charge is 0.311 e. The first-order chi connectivity index (χ1) is 12.0. The quantitative estimate of drug-likeness (QED) is 0.452. The summed E-state index contributed by atoms with van der Waals surface area (Å²) in [6.07, 6.45) is 2.70. The van der Waals surface area contributed by atoms with Gasteiger partial charge in [-0.05, 0) is 41.9 Å². The van der Waals surface area contributed by atoms with E-state index in [1.807, 2.05) is 48.5 Å². The van der Waals surface area contributed by atoms with Crippen LogP contribution in [0.5, 0.6) is 0 Å². The van der Waals surface area contributed by atoms with Crippen molar-refractivity contribution < 1.29 is 19.8 Å². The third-order valence-electron chi connectivity index (χ3n) is 6.47. The molecule has 0 radical (unpaired) electrons. The van der Waals surface area contributed by atoms with Crippen LogP contribution in [-0.2, 0) is 9.59 Å². The minimum atomic E-state index is -1.31. The Bertz CT molecular complexity index is 499. The number of carbonyl (C=O) groups is 2. The van der Waals surface area contributed by atoms with Crippen LogP contribution in [0.1, 0.15) is 101 Å². The summed E-state index contributed by atoms with van der Waals surface area (Å²) in [4.78, 5) is 25.9. The summed E-state index contributed by atoms with van der Waals surface area (Å²) in [6, 6.07) is 0. The van der Waals surface area contributed by atoms with Crippen molar-refractivity contribution in [3.63, 3.8) is 0 Å². The molecule has 0 bridgehead atoms. The number of rotatable bonds is 10. The van der Waals surface area contributed by atoms with E-state index < -0.39 is 22.8 Å². The summed E-state index contributed by atoms with van der Waals surface area (Å²) in [6.45, 7) is 20.1. The van der Waals surface area contributed by atoms with Crippen LogP contribution in [0, 0.1) is 33.5 Å². The number of hydrogen-bond donors (Lipinski definition) is 2. The van der Waals surface area contributed by atoms with E-state index in [9.17, 15) is 19.8 Å². The van der Waals surface area contributed by atoms with E-state index in [1.165, 1.54) is 0 Å². The number of carboxylic acids is 2. The van der Waals surface area contributed by atoms with Crippen LogP contribution in [0.15, 0.2) is 0 Å². The molecule has 3 unspecified atom stereocenters. The number of hydrogen-bond acceptors (Lipinski definition) is 2. The molecule has 0 heterocycles. The second kappa shape index (κ2) is 8.96. The zero-order valence-corrected chi connectivity index (χ0v) is 19.4. The molecule has 0 fully saturated rings. The average Bonchev–Trinajstić information content (AvgIpc) is 2.49. The van der Waals surface area contributed by atoms with E-state index in [1.54, 1.807) is 0 Å². The molecule has 0 spiro atoms. The average molecular weight is 385 g/mol. The van der Waals surface area contributed by atoms with E-state index in [4.69, 9.17) is 0 Å². The normalized spacial score (nSPS) is 19.6. The van der Waals surface area contributed by atoms with E-state index in [0.717, 1.165) is 0 Å². The fraction of sp³-hybridized carbons (Fsp3) is 0.913. The molecule has 0 aliphatic heterocycles. The van der Waals surface area contributed by atoms with Crippen molar-refractivity contribution in [2.24, 2.45) is 33.5 Å². The lowest BCUT2D eigenvalue weighted by molar-refractivity contribution is -0.194. The van der Waals surface area contributed by atoms with Crippen LogP contribution in [-0.4, -0.2) is 22.2 Å². The fourth-order valence-electron chi connectivity index (χ4n) is 4.99. The second-order valence-corrected chi connectivity index (χ2v) is 11.0. The van der Waals surface area contributed by atoms with Crippen molar-refractivity contribution >= 4 is 11.9 Å². The number of aliphatic carboxylic acids is 2. The van der Waals surface area contributed by atoms with Gasteiger partial charge in [0.05, 0.1) is 10.8 Å². The molecule has 0 saturated carbocycles. The summed E-state index contributed by atoms with van der Waals surface area (Å²) in [5, 5.41) is 21.2. The summed E-state index contributed by atoms with van der Waals surface area (Å²) in [7, 11) is 0. The molecule has 0 aromatic carbocycles. The van der Waals surface area contributed by atoms with Crippen molar-refractivity contribution in [2.75, 3.05) is 0 Å². The first-order valence-corrected chi connectivity index (χ1v) is 10.5. The van der Waals surface area contributed by atoms with Gasteiger partial charge < -0.3 is 10.2 Å². The van der Waals surface area contributed by atoms with Gasteiger partial charge in [0.2, 0.25) is 0 Å². The molecule has 0 saturated heterocycles. The third kappa shape index (κ3) is 5.48. The molecule has 0 rings (SSSR count). The zero-order valence-electron chi connectivity index (χ0n) is 19.4. The Morgan fingerprint density at radius 3 is 1.37 bits per heavy atom. The molecule has 0 aromatic heterocycles. The molecular formula is C23H44O4. The molecule has 0 aromatic rings. The van der Waals surface area contributed by atoms with Crippen LogP contribution in [0.4, 0.5) is 0 Å². The summed E-state index contributed by atoms with van der Waals surface area (Å²) in [5.41, 5.74) is -2.97. The molecule has 4 heteroatoms. The Balaban J connectivity index is 7.00. The minimum Gasteiger partial charge on any atom is -0.481 e. The molecule has 0 amide bonds. The lowest BCUT2D eigenvalue weighted by atomic mass is 9.46. The van der Waals surface area contributed by atoms with Crippen molar-refractivity contribution in [1.82, 2.24) is 0 Å². The van der Waals surface area contributed by atoms with Gasteiger partial charge in [-0.3, -0.25) is 9.59 Å². The van der Waals surface area contributed by atoms with E-state index >= 15 is 0 Å². The molecule has 2 N–H and O–H groups in total. The van der Waals surface area contributed by atoms with Crippen molar-refractivity contribution in [1.29, 1.82) is 0 Å². The highest BCUT2D eigenvalue weighted by atomic mass is 16.4. The topological polar surface area (TPSA) is 74.6 Å². The standard InChI is InChI=1S/C23H44O4/c1-11-16(3)23(19(26)27,17(4)12-2)22(18(24)25,15-21(8,9)10)14-13-20(5,6)7/h16-17H,11-15H2,1-10H3,(H,24,25)(H,26,27). The summed E-state index contributed by atoms with van der Waals surface area (Å²) < 4.78 is 0. The van der Waals surface area contributed by atoms with Crippen LogP contribution in [0.3, 0.4) is 0 Å². The maximum absolute atomic E-state index is 12.9. The zero-order chi connectivity index (χ0) is 21.8. The van der Waals surface area contributed by atoms with Gasteiger partial charge in [-0.15, -0.1) is 0 Å². The summed E-state index contributed by atoms with van der Waals surface area (Å²) >= 11 is 0. The lowest BCUT2D eigenvalue weighted by Crippen LogP contribution is -2.60. The predicted molar refractivity (Wildman–Crippen MR) is 112 cm³/mol. The molecule has 4 nitrogen and oxygen atoms in total. The fourth-order valence-corrected chi connectivity index (χ4v) is 4.99. The molecule has 3 atom stereocenters. The van der Waals surface area contributed by atoms with Crippen molar-refractivity contribution in [3.8, 4) is 0 Å². The van der Waals surface area contributed by atoms with Gasteiger partial charge in [0.25, 0.3) is 0 Å². The van der Waals surface area contributed by atoms with Gasteiger partial charge in [0, 0.05) is 0 Å². The first kappa shape index (κ1) is 25.9. The molecule has 160 valence electrons. The van der Waals surface area contributed by atoms with Crippen molar-refractivity contribution in [3.05, 3.63) is 0 Å². The third-order valence-corrected chi connectivity index (χ3v) is 6.47. The van der Waals surface area contributed by atoms with E-state index in [-0.39, 0.29) is 22.7 Å². The van der Waals surface area contributed by atoms with E-state index in [2.05, 4.69) is 20.8 Å². The number of carboxylic acid groups (broad SMARTS) is 2. The van der Waals surface area contributed by atoms with Crippen LogP contribution < -0.4 is 0 Å². The minimum absolute atomic E-state index is 0.0618. The predicted octanol–water partition coefficient (Wildman–Crippen LogP) is 6.48. The maximum Gasteiger partial charge on any atom is 0.311 e. The lowest BCUT2D eigenvalue weighted by Gasteiger charge is -2.54. The second-order valence-electron chi connectivity index (χ2n) is 11.0. The summed E-state index contributed by atoms with van der Waals surface area (Å²) in [5.74, 6) is -2.37. The Morgan fingerprint density at radius 2 is 1.15 bits per heavy atom. The Kier molecular flexibility index (Phi) is 8.61. The highest BCUT2D eigenvalue weighted by Gasteiger charge is 2.65. The highest BCUT2D eigenvalue weighted by molar-refractivity contribution is 5.87. The van der Waals surface area contributed by atoms with Gasteiger partial charge >= 0.3 is 11.9 Å². The van der Waals surface area contributed by atoms with Gasteiger partial charge in [-0.25, -0.2) is 0 Å². The Hall–Kier alpha value is -1.06. The molecule has 0 aliphatic rings. The molecular weight excluding hydrogens is 340 g/mol. The molecule has 27 heavy (non-hydrogen) atoms. The molecule has 0 aliphatic carbocycles. The van der Waals surface area contributed by atoms with Crippen LogP contribution >= 0.6 is 0 Å². The van der Waals surface area contributed by atoms with Gasteiger partial charge in [0.15, 0.2) is 0 Å². The SMILES string of the molecule is CCC(C)C(C(=O)O)(C(C)CC)C(CCC(C)(C)C)(CC(C)(C)C)C(=O)O. The monoisotopic (exact) mass is 384 g/mol. The van der Waals surface area contributed by atoms with Gasteiger partial charge in [-0.2, -0.15) is 0 Å². The first-order valence-electron chi connectivity index (χ1n) is 10.5. The Morgan fingerprint density at radius 1 is 0.741 bits per heavy atom.